The van der Waals surface area contributed by atoms with Crippen LogP contribution in [0.3, 0.4) is 0 Å². The highest BCUT2D eigenvalue weighted by Gasteiger charge is 2.29. The minimum atomic E-state index is -3.78. The Morgan fingerprint density at radius 1 is 1.06 bits per heavy atom. The lowest BCUT2D eigenvalue weighted by molar-refractivity contribution is 0.0467. The number of pyridine rings is 1. The van der Waals surface area contributed by atoms with E-state index < -0.39 is 16.0 Å². The lowest BCUT2D eigenvalue weighted by Crippen LogP contribution is -2.35. The van der Waals surface area contributed by atoms with Crippen LogP contribution in [0.25, 0.3) is 5.65 Å². The van der Waals surface area contributed by atoms with E-state index in [1.807, 2.05) is 18.2 Å². The summed E-state index contributed by atoms with van der Waals surface area (Å²) in [6.07, 6.45) is 3.03. The zero-order valence-electron chi connectivity index (χ0n) is 18.4. The Morgan fingerprint density at radius 3 is 2.63 bits per heavy atom. The summed E-state index contributed by atoms with van der Waals surface area (Å²) in [5, 5.41) is 0.399. The summed E-state index contributed by atoms with van der Waals surface area (Å²) in [5.41, 5.74) is 2.18. The van der Waals surface area contributed by atoms with Crippen LogP contribution < -0.4 is 9.86 Å². The van der Waals surface area contributed by atoms with E-state index in [1.54, 1.807) is 18.2 Å². The van der Waals surface area contributed by atoms with Crippen molar-refractivity contribution in [2.45, 2.75) is 24.3 Å². The predicted octanol–water partition coefficient (Wildman–Crippen LogP) is 3.85. The molecule has 10 heteroatoms. The SMILES string of the molecule is O=C(OCc1cc(=O)n2cc(Cl)ccc2n1)c1ccc(S(=O)(=O)N2CCCc3ccccc32)cc1. The molecular formula is C25H20ClN3O5S. The second-order valence-corrected chi connectivity index (χ2v) is 10.4. The number of para-hydroxylation sites is 1. The lowest BCUT2D eigenvalue weighted by Gasteiger charge is -2.30. The first-order valence-corrected chi connectivity index (χ1v) is 12.7. The van der Waals surface area contributed by atoms with Gasteiger partial charge in [0.2, 0.25) is 0 Å². The molecule has 1 aliphatic rings. The molecule has 8 nitrogen and oxygen atoms in total. The Hall–Kier alpha value is -3.69. The molecule has 0 saturated heterocycles. The molecule has 0 saturated carbocycles. The third kappa shape index (κ3) is 4.52. The van der Waals surface area contributed by atoms with E-state index in [4.69, 9.17) is 16.3 Å². The highest BCUT2D eigenvalue weighted by Crippen LogP contribution is 2.31. The van der Waals surface area contributed by atoms with Crippen molar-refractivity contribution in [2.24, 2.45) is 0 Å². The van der Waals surface area contributed by atoms with Crippen LogP contribution in [0.5, 0.6) is 0 Å². The van der Waals surface area contributed by atoms with Crippen molar-refractivity contribution < 1.29 is 17.9 Å². The Bertz CT molecular complexity index is 1600. The minimum absolute atomic E-state index is 0.0913. The fourth-order valence-corrected chi connectivity index (χ4v) is 5.76. The van der Waals surface area contributed by atoms with Crippen LogP contribution in [0, 0.1) is 0 Å². The van der Waals surface area contributed by atoms with Gasteiger partial charge in [0.25, 0.3) is 15.6 Å². The van der Waals surface area contributed by atoms with Crippen LogP contribution in [0.4, 0.5) is 5.69 Å². The lowest BCUT2D eigenvalue weighted by atomic mass is 10.0. The summed E-state index contributed by atoms with van der Waals surface area (Å²) in [4.78, 5) is 29.2. The number of carbonyl (C=O) groups is 1. The van der Waals surface area contributed by atoms with Gasteiger partial charge in [-0.3, -0.25) is 13.5 Å². The van der Waals surface area contributed by atoms with Gasteiger partial charge in [0.05, 0.1) is 26.9 Å². The van der Waals surface area contributed by atoms with E-state index >= 15 is 0 Å². The average molecular weight is 510 g/mol. The van der Waals surface area contributed by atoms with Crippen LogP contribution >= 0.6 is 11.6 Å². The first kappa shape index (κ1) is 23.1. The third-order valence-corrected chi connectivity index (χ3v) is 7.82. The number of sulfonamides is 1. The van der Waals surface area contributed by atoms with Crippen molar-refractivity contribution in [1.29, 1.82) is 0 Å². The number of aromatic nitrogens is 2. The molecule has 0 atom stereocenters. The zero-order chi connectivity index (χ0) is 24.6. The van der Waals surface area contributed by atoms with Crippen molar-refractivity contribution in [2.75, 3.05) is 10.8 Å². The summed E-state index contributed by atoms with van der Waals surface area (Å²) in [6.45, 7) is 0.186. The van der Waals surface area contributed by atoms with Crippen molar-refractivity contribution >= 4 is 38.9 Å². The number of halogens is 1. The number of hydrogen-bond donors (Lipinski definition) is 0. The van der Waals surface area contributed by atoms with Gasteiger partial charge in [0, 0.05) is 18.8 Å². The van der Waals surface area contributed by atoms with Crippen LogP contribution in [-0.4, -0.2) is 30.3 Å². The Balaban J connectivity index is 1.31. The summed E-state index contributed by atoms with van der Waals surface area (Å²) < 4.78 is 34.5. The maximum Gasteiger partial charge on any atom is 0.338 e. The summed E-state index contributed by atoms with van der Waals surface area (Å²) in [7, 11) is -3.78. The minimum Gasteiger partial charge on any atom is -0.456 e. The van der Waals surface area contributed by atoms with Crippen LogP contribution in [0.1, 0.15) is 28.0 Å². The van der Waals surface area contributed by atoms with Gasteiger partial charge < -0.3 is 4.74 Å². The second kappa shape index (κ2) is 9.16. The normalized spacial score (nSPS) is 13.5. The molecule has 0 spiro atoms. The molecule has 178 valence electrons. The molecular weight excluding hydrogens is 490 g/mol. The van der Waals surface area contributed by atoms with E-state index in [-0.39, 0.29) is 28.3 Å². The molecule has 2 aromatic carbocycles. The molecule has 0 fully saturated rings. The number of hydrogen-bond acceptors (Lipinski definition) is 6. The second-order valence-electron chi connectivity index (χ2n) is 8.07. The number of rotatable bonds is 5. The average Bonchev–Trinajstić information content (AvgIpc) is 2.87. The molecule has 2 aromatic heterocycles. The fourth-order valence-electron chi connectivity index (χ4n) is 4.06. The van der Waals surface area contributed by atoms with Gasteiger partial charge in [-0.1, -0.05) is 29.8 Å². The molecule has 0 bridgehead atoms. The molecule has 0 aliphatic carbocycles. The highest BCUT2D eigenvalue weighted by molar-refractivity contribution is 7.92. The maximum atomic E-state index is 13.3. The molecule has 1 aliphatic heterocycles. The molecule has 0 N–H and O–H groups in total. The van der Waals surface area contributed by atoms with Gasteiger partial charge in [-0.2, -0.15) is 0 Å². The fraction of sp³-hybridized carbons (Fsp3) is 0.160. The van der Waals surface area contributed by atoms with E-state index in [2.05, 4.69) is 4.98 Å². The maximum absolute atomic E-state index is 13.3. The first-order valence-electron chi connectivity index (χ1n) is 10.9. The third-order valence-electron chi connectivity index (χ3n) is 5.77. The molecule has 5 rings (SSSR count). The largest absolute Gasteiger partial charge is 0.456 e. The summed E-state index contributed by atoms with van der Waals surface area (Å²) >= 11 is 5.91. The van der Waals surface area contributed by atoms with Gasteiger partial charge in [0.15, 0.2) is 0 Å². The van der Waals surface area contributed by atoms with E-state index in [0.29, 0.717) is 22.9 Å². The van der Waals surface area contributed by atoms with E-state index in [1.165, 1.54) is 45.2 Å². The molecule has 3 heterocycles. The number of nitrogens with zero attached hydrogens (tertiary/aromatic N) is 3. The van der Waals surface area contributed by atoms with Crippen LogP contribution in [0.2, 0.25) is 5.02 Å². The molecule has 0 unspecified atom stereocenters. The Labute approximate surface area is 206 Å². The quantitative estimate of drug-likeness (QED) is 0.379. The molecule has 35 heavy (non-hydrogen) atoms. The Morgan fingerprint density at radius 2 is 1.83 bits per heavy atom. The topological polar surface area (TPSA) is 98.0 Å². The molecule has 0 radical (unpaired) electrons. The van der Waals surface area contributed by atoms with Gasteiger partial charge in [-0.25, -0.2) is 18.2 Å². The number of ether oxygens (including phenoxy) is 1. The van der Waals surface area contributed by atoms with Crippen molar-refractivity contribution in [1.82, 2.24) is 9.38 Å². The smallest absolute Gasteiger partial charge is 0.338 e. The number of fused-ring (bicyclic) bond motifs is 2. The standard InChI is InChI=1S/C25H20ClN3O5S/c26-19-9-12-23-27-20(14-24(30)28(23)15-19)16-34-25(31)18-7-10-21(11-8-18)35(32,33)29-13-3-5-17-4-1-2-6-22(17)29/h1-2,4,6-12,14-15H,3,5,13,16H2. The van der Waals surface area contributed by atoms with Crippen molar-refractivity contribution in [3.63, 3.8) is 0 Å². The molecule has 0 amide bonds. The van der Waals surface area contributed by atoms with Gasteiger partial charge >= 0.3 is 5.97 Å². The van der Waals surface area contributed by atoms with Crippen molar-refractivity contribution in [3.8, 4) is 0 Å². The van der Waals surface area contributed by atoms with Crippen molar-refractivity contribution in [3.05, 3.63) is 105 Å². The number of carbonyl (C=O) groups excluding carboxylic acids is 1. The number of esters is 1. The number of anilines is 1. The zero-order valence-corrected chi connectivity index (χ0v) is 20.0. The van der Waals surface area contributed by atoms with Crippen LogP contribution in [-0.2, 0) is 27.8 Å². The summed E-state index contributed by atoms with van der Waals surface area (Å²) in [6, 6.07) is 17.5. The monoisotopic (exact) mass is 509 g/mol. The molecule has 4 aromatic rings. The summed E-state index contributed by atoms with van der Waals surface area (Å²) in [5.74, 6) is -0.657. The van der Waals surface area contributed by atoms with Gasteiger partial charge in [-0.05, 0) is 60.9 Å². The first-order chi connectivity index (χ1) is 16.8. The van der Waals surface area contributed by atoms with E-state index in [0.717, 1.165) is 18.4 Å². The predicted molar refractivity (Wildman–Crippen MR) is 131 cm³/mol. The number of aryl methyl sites for hydroxylation is 1. The van der Waals surface area contributed by atoms with Gasteiger partial charge in [-0.15, -0.1) is 0 Å². The number of benzene rings is 2. The van der Waals surface area contributed by atoms with E-state index in [9.17, 15) is 18.0 Å². The highest BCUT2D eigenvalue weighted by atomic mass is 35.5. The van der Waals surface area contributed by atoms with Crippen LogP contribution in [0.15, 0.2) is 82.6 Å². The van der Waals surface area contributed by atoms with Gasteiger partial charge in [0.1, 0.15) is 12.3 Å². The Kier molecular flexibility index (Phi) is 6.04.